The van der Waals surface area contributed by atoms with E-state index in [1.54, 1.807) is 24.3 Å². The van der Waals surface area contributed by atoms with E-state index in [1.165, 1.54) is 6.92 Å². The van der Waals surface area contributed by atoms with Crippen molar-refractivity contribution >= 4 is 17.5 Å². The molecule has 1 aromatic carbocycles. The van der Waals surface area contributed by atoms with Crippen LogP contribution >= 0.6 is 0 Å². The van der Waals surface area contributed by atoms with Crippen LogP contribution in [-0.4, -0.2) is 54.1 Å². The van der Waals surface area contributed by atoms with Crippen molar-refractivity contribution < 1.29 is 14.7 Å². The minimum Gasteiger partial charge on any atom is -0.395 e. The number of hydrogen-bond donors (Lipinski definition) is 3. The molecule has 0 spiro atoms. The quantitative estimate of drug-likeness (QED) is 0.699. The first-order valence-corrected chi connectivity index (χ1v) is 8.11. The van der Waals surface area contributed by atoms with Gasteiger partial charge in [0.2, 0.25) is 0 Å². The molecule has 1 atom stereocenters. The van der Waals surface area contributed by atoms with E-state index in [0.717, 1.165) is 32.4 Å². The summed E-state index contributed by atoms with van der Waals surface area (Å²) in [5, 5.41) is 14.9. The molecule has 1 heterocycles. The average Bonchev–Trinajstić information content (AvgIpc) is 2.55. The van der Waals surface area contributed by atoms with Crippen LogP contribution in [0.5, 0.6) is 0 Å². The lowest BCUT2D eigenvalue weighted by Gasteiger charge is -2.34. The van der Waals surface area contributed by atoms with E-state index < -0.39 is 0 Å². The highest BCUT2D eigenvalue weighted by Gasteiger charge is 2.20. The fourth-order valence-corrected chi connectivity index (χ4v) is 2.87. The maximum atomic E-state index is 11.9. The van der Waals surface area contributed by atoms with Gasteiger partial charge in [-0.1, -0.05) is 18.6 Å². The van der Waals surface area contributed by atoms with Crippen LogP contribution < -0.4 is 10.6 Å². The zero-order valence-corrected chi connectivity index (χ0v) is 13.5. The number of aliphatic hydroxyl groups is 1. The Morgan fingerprint density at radius 3 is 2.91 bits per heavy atom. The Morgan fingerprint density at radius 1 is 1.35 bits per heavy atom. The molecule has 6 nitrogen and oxygen atoms in total. The van der Waals surface area contributed by atoms with E-state index in [4.69, 9.17) is 0 Å². The molecule has 0 saturated carbocycles. The molecule has 0 unspecified atom stereocenters. The van der Waals surface area contributed by atoms with Gasteiger partial charge in [-0.15, -0.1) is 0 Å². The van der Waals surface area contributed by atoms with Crippen LogP contribution in [0.2, 0.25) is 0 Å². The Hall–Kier alpha value is -1.92. The van der Waals surface area contributed by atoms with Gasteiger partial charge in [0, 0.05) is 30.4 Å². The topological polar surface area (TPSA) is 81.7 Å². The number of carbonyl (C=O) groups is 2. The van der Waals surface area contributed by atoms with E-state index in [2.05, 4.69) is 15.5 Å². The Labute approximate surface area is 136 Å². The van der Waals surface area contributed by atoms with Crippen molar-refractivity contribution in [2.45, 2.75) is 32.2 Å². The number of hydrogen-bond acceptors (Lipinski definition) is 4. The summed E-state index contributed by atoms with van der Waals surface area (Å²) >= 11 is 0. The Morgan fingerprint density at radius 2 is 2.17 bits per heavy atom. The van der Waals surface area contributed by atoms with Crippen LogP contribution in [0.15, 0.2) is 24.3 Å². The summed E-state index contributed by atoms with van der Waals surface area (Å²) < 4.78 is 0. The zero-order chi connectivity index (χ0) is 16.7. The molecule has 3 N–H and O–H groups in total. The zero-order valence-electron chi connectivity index (χ0n) is 13.5. The van der Waals surface area contributed by atoms with Crippen LogP contribution in [-0.2, 0) is 0 Å². The van der Waals surface area contributed by atoms with Crippen LogP contribution in [0.25, 0.3) is 0 Å². The van der Waals surface area contributed by atoms with E-state index in [-0.39, 0.29) is 24.5 Å². The number of nitrogens with zero attached hydrogens (tertiary/aromatic N) is 1. The number of aliphatic hydroxyl groups excluding tert-OH is 1. The van der Waals surface area contributed by atoms with Crippen molar-refractivity contribution in [3.8, 4) is 0 Å². The SMILES string of the molecule is CC(=O)c1cccc(NC(=O)NCCN2CCCC[C@H]2CO)c1. The minimum atomic E-state index is -0.289. The Balaban J connectivity index is 1.76. The fourth-order valence-electron chi connectivity index (χ4n) is 2.87. The van der Waals surface area contributed by atoms with Crippen molar-refractivity contribution in [3.63, 3.8) is 0 Å². The van der Waals surface area contributed by atoms with Gasteiger partial charge in [0.25, 0.3) is 0 Å². The molecule has 0 aliphatic carbocycles. The number of carbonyl (C=O) groups excluding carboxylic acids is 2. The standard InChI is InChI=1S/C17H25N3O3/c1-13(22)14-5-4-6-15(11-14)19-17(23)18-8-10-20-9-3-2-7-16(20)12-21/h4-6,11,16,21H,2-3,7-10,12H2,1H3,(H2,18,19,23)/t16-/m0/s1. The molecule has 23 heavy (non-hydrogen) atoms. The number of nitrogens with one attached hydrogen (secondary N) is 2. The number of benzene rings is 1. The van der Waals surface area contributed by atoms with Crippen LogP contribution in [0.3, 0.4) is 0 Å². The highest BCUT2D eigenvalue weighted by molar-refractivity contribution is 5.96. The molecule has 2 rings (SSSR count). The van der Waals surface area contributed by atoms with Crippen LogP contribution in [0, 0.1) is 0 Å². The smallest absolute Gasteiger partial charge is 0.319 e. The van der Waals surface area contributed by atoms with Crippen LogP contribution in [0.1, 0.15) is 36.5 Å². The number of likely N-dealkylation sites (tertiary alicyclic amines) is 1. The number of ketones is 1. The second kappa shape index (κ2) is 8.64. The summed E-state index contributed by atoms with van der Waals surface area (Å²) in [6, 6.07) is 6.79. The molecule has 1 aliphatic heterocycles. The Bertz CT molecular complexity index is 548. The second-order valence-electron chi connectivity index (χ2n) is 5.89. The van der Waals surface area contributed by atoms with Gasteiger partial charge in [-0.05, 0) is 38.4 Å². The summed E-state index contributed by atoms with van der Waals surface area (Å²) in [5.74, 6) is -0.0331. The summed E-state index contributed by atoms with van der Waals surface area (Å²) in [4.78, 5) is 25.5. The lowest BCUT2D eigenvalue weighted by molar-refractivity contribution is 0.0917. The first-order valence-electron chi connectivity index (χ1n) is 8.11. The summed E-state index contributed by atoms with van der Waals surface area (Å²) in [7, 11) is 0. The Kier molecular flexibility index (Phi) is 6.55. The molecule has 1 fully saturated rings. The average molecular weight is 319 g/mol. The molecule has 126 valence electrons. The minimum absolute atomic E-state index is 0.0331. The van der Waals surface area contributed by atoms with Gasteiger partial charge >= 0.3 is 6.03 Å². The van der Waals surface area contributed by atoms with Gasteiger partial charge in [-0.3, -0.25) is 9.69 Å². The van der Waals surface area contributed by atoms with E-state index in [9.17, 15) is 14.7 Å². The third kappa shape index (κ3) is 5.33. The van der Waals surface area contributed by atoms with Gasteiger partial charge in [0.15, 0.2) is 5.78 Å². The van der Waals surface area contributed by atoms with Gasteiger partial charge < -0.3 is 15.7 Å². The van der Waals surface area contributed by atoms with Crippen molar-refractivity contribution in [1.29, 1.82) is 0 Å². The van der Waals surface area contributed by atoms with Gasteiger partial charge in [-0.2, -0.15) is 0 Å². The first-order chi connectivity index (χ1) is 11.1. The highest BCUT2D eigenvalue weighted by atomic mass is 16.3. The van der Waals surface area contributed by atoms with Gasteiger partial charge in [0.1, 0.15) is 0 Å². The van der Waals surface area contributed by atoms with Crippen molar-refractivity contribution in [2.75, 3.05) is 31.6 Å². The number of anilines is 1. The molecule has 0 aromatic heterocycles. The number of piperidine rings is 1. The summed E-state index contributed by atoms with van der Waals surface area (Å²) in [5.41, 5.74) is 1.17. The molecule has 2 amide bonds. The molecular weight excluding hydrogens is 294 g/mol. The predicted molar refractivity (Wildman–Crippen MR) is 89.8 cm³/mol. The number of rotatable bonds is 6. The highest BCUT2D eigenvalue weighted by Crippen LogP contribution is 2.15. The molecule has 6 heteroatoms. The number of Topliss-reactive ketones (excluding diaryl/α,β-unsaturated/α-hetero) is 1. The second-order valence-corrected chi connectivity index (χ2v) is 5.89. The maximum Gasteiger partial charge on any atom is 0.319 e. The van der Waals surface area contributed by atoms with E-state index in [0.29, 0.717) is 17.8 Å². The summed E-state index contributed by atoms with van der Waals surface area (Å²) in [6.45, 7) is 3.88. The largest absolute Gasteiger partial charge is 0.395 e. The van der Waals surface area contributed by atoms with Crippen molar-refractivity contribution in [2.24, 2.45) is 0 Å². The molecule has 0 bridgehead atoms. The first kappa shape index (κ1) is 17.4. The van der Waals surface area contributed by atoms with E-state index >= 15 is 0 Å². The van der Waals surface area contributed by atoms with Gasteiger partial charge in [-0.25, -0.2) is 4.79 Å². The molecular formula is C17H25N3O3. The third-order valence-corrected chi connectivity index (χ3v) is 4.17. The van der Waals surface area contributed by atoms with Crippen molar-refractivity contribution in [1.82, 2.24) is 10.2 Å². The van der Waals surface area contributed by atoms with Crippen LogP contribution in [0.4, 0.5) is 10.5 Å². The molecule has 1 saturated heterocycles. The number of urea groups is 1. The molecule has 1 aromatic rings. The lowest BCUT2D eigenvalue weighted by atomic mass is 10.0. The maximum absolute atomic E-state index is 11.9. The predicted octanol–water partition coefficient (Wildman–Crippen LogP) is 1.86. The van der Waals surface area contributed by atoms with E-state index in [1.807, 2.05) is 0 Å². The molecule has 0 radical (unpaired) electrons. The normalized spacial score (nSPS) is 18.4. The van der Waals surface area contributed by atoms with Crippen molar-refractivity contribution in [3.05, 3.63) is 29.8 Å². The van der Waals surface area contributed by atoms with Gasteiger partial charge in [0.05, 0.1) is 6.61 Å². The fraction of sp³-hybridized carbons (Fsp3) is 0.529. The lowest BCUT2D eigenvalue weighted by Crippen LogP contribution is -2.46. The monoisotopic (exact) mass is 319 g/mol. The number of amides is 2. The molecule has 1 aliphatic rings. The summed E-state index contributed by atoms with van der Waals surface area (Å²) in [6.07, 6.45) is 3.31. The third-order valence-electron chi connectivity index (χ3n) is 4.17.